The third-order valence-corrected chi connectivity index (χ3v) is 8.15. The number of nitrogens with zero attached hydrogens (tertiary/aromatic N) is 2. The molecule has 0 bridgehead atoms. The van der Waals surface area contributed by atoms with E-state index in [0.29, 0.717) is 30.2 Å². The highest BCUT2D eigenvalue weighted by Crippen LogP contribution is 2.39. The molecule has 2 aliphatic rings. The third-order valence-electron chi connectivity index (χ3n) is 8.15. The number of carbonyl (C=O) groups excluding carboxylic acids is 2. The Morgan fingerprint density at radius 2 is 1.92 bits per heavy atom. The number of carbonyl (C=O) groups is 3. The quantitative estimate of drug-likeness (QED) is 0.526. The summed E-state index contributed by atoms with van der Waals surface area (Å²) in [7, 11) is 3.81. The SMILES string of the molecule is CC(=O)OCC[C@H](CCC(=O)O)N(C)C(=O)c1ccc2c(c1)c1c(n2C)CC[C@@H](C2CCOCC2)C1. The normalized spacial score (nSPS) is 19.0. The van der Waals surface area contributed by atoms with Crippen molar-refractivity contribution in [3.63, 3.8) is 0 Å². The molecule has 1 amide bonds. The third kappa shape index (κ3) is 5.75. The summed E-state index contributed by atoms with van der Waals surface area (Å²) in [6.07, 6.45) is 6.19. The fourth-order valence-corrected chi connectivity index (χ4v) is 6.06. The van der Waals surface area contributed by atoms with Crippen molar-refractivity contribution in [2.24, 2.45) is 18.9 Å². The van der Waals surface area contributed by atoms with Gasteiger partial charge in [-0.3, -0.25) is 14.4 Å². The highest BCUT2D eigenvalue weighted by molar-refractivity contribution is 5.99. The Kier molecular flexibility index (Phi) is 8.34. The average Bonchev–Trinajstić information content (AvgIpc) is 3.16. The summed E-state index contributed by atoms with van der Waals surface area (Å²) >= 11 is 0. The van der Waals surface area contributed by atoms with Gasteiger partial charge in [0.1, 0.15) is 0 Å². The molecule has 1 aromatic heterocycles. The second-order valence-corrected chi connectivity index (χ2v) is 10.3. The number of aromatic nitrogens is 1. The lowest BCUT2D eigenvalue weighted by Gasteiger charge is -2.33. The minimum Gasteiger partial charge on any atom is -0.481 e. The molecule has 2 atom stereocenters. The Bertz CT molecular complexity index is 1120. The minimum atomic E-state index is -0.912. The van der Waals surface area contributed by atoms with Crippen molar-refractivity contribution in [1.29, 1.82) is 0 Å². The maximum atomic E-state index is 13.5. The Hall–Kier alpha value is -2.87. The predicted octanol–water partition coefficient (Wildman–Crippen LogP) is 3.97. The maximum Gasteiger partial charge on any atom is 0.303 e. The monoisotopic (exact) mass is 498 g/mol. The van der Waals surface area contributed by atoms with E-state index in [4.69, 9.17) is 14.6 Å². The number of rotatable bonds is 9. The van der Waals surface area contributed by atoms with E-state index in [1.165, 1.54) is 24.6 Å². The van der Waals surface area contributed by atoms with Gasteiger partial charge in [-0.05, 0) is 74.1 Å². The fourth-order valence-electron chi connectivity index (χ4n) is 6.06. The van der Waals surface area contributed by atoms with Crippen molar-refractivity contribution < 1.29 is 29.0 Å². The number of carboxylic acid groups (broad SMARTS) is 1. The molecule has 8 nitrogen and oxygen atoms in total. The zero-order valence-electron chi connectivity index (χ0n) is 21.6. The van der Waals surface area contributed by atoms with Crippen molar-refractivity contribution in [1.82, 2.24) is 9.47 Å². The first-order valence-corrected chi connectivity index (χ1v) is 13.1. The van der Waals surface area contributed by atoms with Gasteiger partial charge in [-0.2, -0.15) is 0 Å². The van der Waals surface area contributed by atoms with Gasteiger partial charge in [0.25, 0.3) is 5.91 Å². The molecule has 4 rings (SSSR count). The van der Waals surface area contributed by atoms with E-state index in [0.717, 1.165) is 49.8 Å². The molecule has 1 saturated heterocycles. The number of benzene rings is 1. The van der Waals surface area contributed by atoms with E-state index in [1.807, 2.05) is 18.2 Å². The molecule has 1 aliphatic carbocycles. The molecular formula is C28H38N2O6. The van der Waals surface area contributed by atoms with Crippen LogP contribution >= 0.6 is 0 Å². The number of amides is 1. The van der Waals surface area contributed by atoms with Gasteiger partial charge in [0.05, 0.1) is 6.61 Å². The number of aryl methyl sites for hydroxylation is 1. The van der Waals surface area contributed by atoms with Crippen molar-refractivity contribution in [2.45, 2.75) is 64.3 Å². The second kappa shape index (κ2) is 11.5. The summed E-state index contributed by atoms with van der Waals surface area (Å²) in [4.78, 5) is 37.5. The summed E-state index contributed by atoms with van der Waals surface area (Å²) in [5.74, 6) is -0.102. The van der Waals surface area contributed by atoms with Gasteiger partial charge < -0.3 is 24.0 Å². The Morgan fingerprint density at radius 3 is 2.61 bits per heavy atom. The second-order valence-electron chi connectivity index (χ2n) is 10.3. The molecule has 0 spiro atoms. The zero-order valence-corrected chi connectivity index (χ0v) is 21.6. The van der Waals surface area contributed by atoms with Gasteiger partial charge in [0.15, 0.2) is 0 Å². The van der Waals surface area contributed by atoms with Crippen LogP contribution in [-0.4, -0.2) is 65.3 Å². The average molecular weight is 499 g/mol. The van der Waals surface area contributed by atoms with E-state index in [-0.39, 0.29) is 30.9 Å². The lowest BCUT2D eigenvalue weighted by Crippen LogP contribution is -2.38. The fraction of sp³-hybridized carbons (Fsp3) is 0.607. The van der Waals surface area contributed by atoms with Crippen molar-refractivity contribution in [3.8, 4) is 0 Å². The molecule has 196 valence electrons. The summed E-state index contributed by atoms with van der Waals surface area (Å²) in [5.41, 5.74) is 4.47. The number of ether oxygens (including phenoxy) is 2. The maximum absolute atomic E-state index is 13.5. The molecule has 1 aliphatic heterocycles. The number of aliphatic carboxylic acids is 1. The molecule has 2 heterocycles. The molecule has 8 heteroatoms. The lowest BCUT2D eigenvalue weighted by molar-refractivity contribution is -0.142. The van der Waals surface area contributed by atoms with E-state index >= 15 is 0 Å². The minimum absolute atomic E-state index is 0.0544. The van der Waals surface area contributed by atoms with Gasteiger partial charge in [0.2, 0.25) is 0 Å². The lowest BCUT2D eigenvalue weighted by atomic mass is 9.75. The number of hydrogen-bond acceptors (Lipinski definition) is 5. The van der Waals surface area contributed by atoms with E-state index < -0.39 is 5.97 Å². The highest BCUT2D eigenvalue weighted by Gasteiger charge is 2.31. The first-order chi connectivity index (χ1) is 17.3. The van der Waals surface area contributed by atoms with Crippen LogP contribution in [0.2, 0.25) is 0 Å². The summed E-state index contributed by atoms with van der Waals surface area (Å²) < 4.78 is 12.9. The van der Waals surface area contributed by atoms with Crippen molar-refractivity contribution >= 4 is 28.7 Å². The molecule has 1 fully saturated rings. The van der Waals surface area contributed by atoms with E-state index in [1.54, 1.807) is 11.9 Å². The topological polar surface area (TPSA) is 98.1 Å². The number of fused-ring (bicyclic) bond motifs is 3. The molecule has 1 aromatic carbocycles. The van der Waals surface area contributed by atoms with Gasteiger partial charge in [0, 0.05) is 75.3 Å². The van der Waals surface area contributed by atoms with Crippen molar-refractivity contribution in [3.05, 3.63) is 35.0 Å². The van der Waals surface area contributed by atoms with Crippen LogP contribution in [0.25, 0.3) is 10.9 Å². The summed E-state index contributed by atoms with van der Waals surface area (Å²) in [6.45, 7) is 3.20. The van der Waals surface area contributed by atoms with Gasteiger partial charge >= 0.3 is 11.9 Å². The van der Waals surface area contributed by atoms with Crippen LogP contribution in [-0.2, 0) is 39.0 Å². The van der Waals surface area contributed by atoms with Crippen LogP contribution in [0.3, 0.4) is 0 Å². The predicted molar refractivity (Wildman–Crippen MR) is 136 cm³/mol. The van der Waals surface area contributed by atoms with Gasteiger partial charge in [-0.25, -0.2) is 0 Å². The van der Waals surface area contributed by atoms with Crippen LogP contribution in [0, 0.1) is 11.8 Å². The summed E-state index contributed by atoms with van der Waals surface area (Å²) in [5, 5.41) is 10.3. The van der Waals surface area contributed by atoms with Crippen LogP contribution in [0.5, 0.6) is 0 Å². The van der Waals surface area contributed by atoms with E-state index in [2.05, 4.69) is 11.6 Å². The first kappa shape index (κ1) is 26.2. The van der Waals surface area contributed by atoms with Crippen LogP contribution in [0.15, 0.2) is 18.2 Å². The number of carboxylic acids is 1. The Labute approximate surface area is 212 Å². The molecule has 2 aromatic rings. The van der Waals surface area contributed by atoms with Crippen LogP contribution in [0.1, 0.15) is 67.1 Å². The van der Waals surface area contributed by atoms with Crippen LogP contribution in [0.4, 0.5) is 0 Å². The smallest absolute Gasteiger partial charge is 0.303 e. The Morgan fingerprint density at radius 1 is 1.17 bits per heavy atom. The van der Waals surface area contributed by atoms with Gasteiger partial charge in [-0.15, -0.1) is 0 Å². The molecule has 0 unspecified atom stereocenters. The standard InChI is InChI=1S/C28H38N2O6/c1-18(31)36-15-12-22(6-9-27(32)33)29(2)28(34)21-5-8-26-24(17-21)23-16-20(4-7-25(23)30(26)3)19-10-13-35-14-11-19/h5,8,17,19-20,22H,4,6-7,9-16H2,1-3H3,(H,32,33)/t20-,22+/m1/s1. The molecular weight excluding hydrogens is 460 g/mol. The molecule has 1 N–H and O–H groups in total. The van der Waals surface area contributed by atoms with E-state index in [9.17, 15) is 14.4 Å². The zero-order chi connectivity index (χ0) is 25.8. The number of hydrogen-bond donors (Lipinski definition) is 1. The number of esters is 1. The molecule has 0 saturated carbocycles. The largest absolute Gasteiger partial charge is 0.481 e. The molecule has 0 radical (unpaired) electrons. The van der Waals surface area contributed by atoms with Crippen LogP contribution < -0.4 is 0 Å². The van der Waals surface area contributed by atoms with Gasteiger partial charge in [-0.1, -0.05) is 0 Å². The highest BCUT2D eigenvalue weighted by atomic mass is 16.5. The van der Waals surface area contributed by atoms with Crippen molar-refractivity contribution in [2.75, 3.05) is 26.9 Å². The molecule has 36 heavy (non-hydrogen) atoms. The first-order valence-electron chi connectivity index (χ1n) is 13.1. The summed E-state index contributed by atoms with van der Waals surface area (Å²) in [6, 6.07) is 5.57. The Balaban J connectivity index is 1.56.